The topological polar surface area (TPSA) is 107 Å². The number of rotatable bonds is 7. The number of hydrogen-bond donors (Lipinski definition) is 2. The summed E-state index contributed by atoms with van der Waals surface area (Å²) in [5.74, 6) is -0.871. The van der Waals surface area contributed by atoms with Crippen molar-refractivity contribution in [2.45, 2.75) is 13.5 Å². The second-order valence-corrected chi connectivity index (χ2v) is 4.89. The second-order valence-electron chi connectivity index (χ2n) is 4.89. The van der Waals surface area contributed by atoms with E-state index in [9.17, 15) is 19.3 Å². The lowest BCUT2D eigenvalue weighted by Gasteiger charge is -2.13. The Balaban J connectivity index is 2.26. The number of amides is 1. The first-order valence-corrected chi connectivity index (χ1v) is 7.15. The van der Waals surface area contributed by atoms with Crippen molar-refractivity contribution in [2.24, 2.45) is 5.73 Å². The molecule has 0 unspecified atom stereocenters. The smallest absolute Gasteiger partial charge is 0.275 e. The molecule has 0 radical (unpaired) electrons. The Morgan fingerprint density at radius 2 is 2.08 bits per heavy atom. The highest BCUT2D eigenvalue weighted by Gasteiger charge is 2.17. The number of anilines is 1. The summed E-state index contributed by atoms with van der Waals surface area (Å²) in [6.45, 7) is 2.22. The molecule has 0 aliphatic heterocycles. The van der Waals surface area contributed by atoms with Gasteiger partial charge in [-0.15, -0.1) is 0 Å². The van der Waals surface area contributed by atoms with Crippen LogP contribution in [0, 0.1) is 15.9 Å². The Morgan fingerprint density at radius 1 is 1.33 bits per heavy atom. The quantitative estimate of drug-likeness (QED) is 0.598. The van der Waals surface area contributed by atoms with Crippen LogP contribution >= 0.6 is 0 Å². The second kappa shape index (κ2) is 7.40. The molecule has 0 saturated carbocycles. The number of nitro groups is 1. The molecule has 7 nitrogen and oxygen atoms in total. The molecular formula is C16H16FN3O4. The van der Waals surface area contributed by atoms with Crippen LogP contribution in [0.15, 0.2) is 36.4 Å². The number of benzene rings is 2. The molecule has 2 rings (SSSR count). The number of nitrogens with zero attached hydrogens (tertiary/aromatic N) is 1. The fourth-order valence-corrected chi connectivity index (χ4v) is 2.14. The van der Waals surface area contributed by atoms with Crippen molar-refractivity contribution in [3.8, 4) is 5.75 Å². The summed E-state index contributed by atoms with van der Waals surface area (Å²) < 4.78 is 18.6. The van der Waals surface area contributed by atoms with E-state index >= 15 is 0 Å². The zero-order valence-electron chi connectivity index (χ0n) is 12.9. The summed E-state index contributed by atoms with van der Waals surface area (Å²) >= 11 is 0. The minimum Gasteiger partial charge on any atom is -0.492 e. The van der Waals surface area contributed by atoms with Crippen LogP contribution in [0.4, 0.5) is 15.8 Å². The summed E-state index contributed by atoms with van der Waals surface area (Å²) in [7, 11) is 0. The Bertz CT molecular complexity index is 780. The SMILES string of the molecule is CCOc1cc(F)ccc1NCc1ccc(C(N)=O)cc1[N+](=O)[O-]. The van der Waals surface area contributed by atoms with Crippen molar-refractivity contribution in [3.63, 3.8) is 0 Å². The van der Waals surface area contributed by atoms with Gasteiger partial charge in [-0.1, -0.05) is 0 Å². The molecule has 0 fully saturated rings. The monoisotopic (exact) mass is 333 g/mol. The first-order chi connectivity index (χ1) is 11.4. The Kier molecular flexibility index (Phi) is 5.31. The van der Waals surface area contributed by atoms with Gasteiger partial charge in [0.15, 0.2) is 0 Å². The lowest BCUT2D eigenvalue weighted by Crippen LogP contribution is -2.12. The van der Waals surface area contributed by atoms with E-state index in [1.54, 1.807) is 6.92 Å². The van der Waals surface area contributed by atoms with Crippen LogP contribution in [0.25, 0.3) is 0 Å². The van der Waals surface area contributed by atoms with Gasteiger partial charge in [-0.25, -0.2) is 4.39 Å². The zero-order valence-corrected chi connectivity index (χ0v) is 12.9. The van der Waals surface area contributed by atoms with Crippen molar-refractivity contribution in [1.29, 1.82) is 0 Å². The number of nitro benzene ring substituents is 1. The minimum atomic E-state index is -0.741. The van der Waals surface area contributed by atoms with Gasteiger partial charge in [0, 0.05) is 29.8 Å². The predicted octanol–water partition coefficient (Wildman–Crippen LogP) is 2.84. The van der Waals surface area contributed by atoms with Crippen LogP contribution in [0.2, 0.25) is 0 Å². The maximum Gasteiger partial charge on any atom is 0.275 e. The molecule has 0 heterocycles. The molecule has 0 aliphatic carbocycles. The summed E-state index contributed by atoms with van der Waals surface area (Å²) in [6, 6.07) is 7.98. The third-order valence-electron chi connectivity index (χ3n) is 3.28. The van der Waals surface area contributed by atoms with Crippen LogP contribution in [-0.2, 0) is 6.54 Å². The lowest BCUT2D eigenvalue weighted by molar-refractivity contribution is -0.385. The standard InChI is InChI=1S/C16H16FN3O4/c1-2-24-15-8-12(17)5-6-13(15)19-9-11-4-3-10(16(18)21)7-14(11)20(22)23/h3-8,19H,2,9H2,1H3,(H2,18,21). The van der Waals surface area contributed by atoms with E-state index in [1.165, 1.54) is 30.3 Å². The number of carbonyl (C=O) groups is 1. The Morgan fingerprint density at radius 3 is 2.71 bits per heavy atom. The highest BCUT2D eigenvalue weighted by atomic mass is 19.1. The summed E-state index contributed by atoms with van der Waals surface area (Å²) in [5, 5.41) is 14.1. The van der Waals surface area contributed by atoms with Crippen LogP contribution in [-0.4, -0.2) is 17.4 Å². The van der Waals surface area contributed by atoms with Crippen molar-refractivity contribution in [2.75, 3.05) is 11.9 Å². The summed E-state index contributed by atoms with van der Waals surface area (Å²) in [6.07, 6.45) is 0. The molecule has 3 N–H and O–H groups in total. The van der Waals surface area contributed by atoms with E-state index in [4.69, 9.17) is 10.5 Å². The number of primary amides is 1. The molecule has 2 aromatic carbocycles. The maximum absolute atomic E-state index is 13.3. The number of halogens is 1. The Hall–Kier alpha value is -3.16. The van der Waals surface area contributed by atoms with Gasteiger partial charge in [0.2, 0.25) is 5.91 Å². The third-order valence-corrected chi connectivity index (χ3v) is 3.28. The average molecular weight is 333 g/mol. The predicted molar refractivity (Wildman–Crippen MR) is 86.5 cm³/mol. The van der Waals surface area contributed by atoms with E-state index in [0.717, 1.165) is 6.07 Å². The van der Waals surface area contributed by atoms with Gasteiger partial charge in [0.25, 0.3) is 5.69 Å². The molecule has 0 atom stereocenters. The van der Waals surface area contributed by atoms with Crippen LogP contribution in [0.1, 0.15) is 22.8 Å². The van der Waals surface area contributed by atoms with Crippen LogP contribution < -0.4 is 15.8 Å². The molecule has 0 bridgehead atoms. The van der Waals surface area contributed by atoms with Gasteiger partial charge in [-0.2, -0.15) is 0 Å². The van der Waals surface area contributed by atoms with Gasteiger partial charge < -0.3 is 15.8 Å². The van der Waals surface area contributed by atoms with E-state index in [1.807, 2.05) is 0 Å². The molecule has 0 spiro atoms. The van der Waals surface area contributed by atoms with E-state index in [-0.39, 0.29) is 17.8 Å². The molecule has 0 aromatic heterocycles. The highest BCUT2D eigenvalue weighted by Crippen LogP contribution is 2.27. The number of nitrogens with one attached hydrogen (secondary N) is 1. The Labute approximate surface area is 137 Å². The molecule has 126 valence electrons. The summed E-state index contributed by atoms with van der Waals surface area (Å²) in [4.78, 5) is 21.7. The lowest BCUT2D eigenvalue weighted by atomic mass is 10.1. The van der Waals surface area contributed by atoms with E-state index in [0.29, 0.717) is 23.6 Å². The molecule has 0 saturated heterocycles. The first kappa shape index (κ1) is 17.2. The molecule has 8 heteroatoms. The number of carbonyl (C=O) groups excluding carboxylic acids is 1. The molecule has 1 amide bonds. The van der Waals surface area contributed by atoms with E-state index < -0.39 is 16.6 Å². The van der Waals surface area contributed by atoms with Crippen molar-refractivity contribution in [1.82, 2.24) is 0 Å². The number of nitrogens with two attached hydrogens (primary N) is 1. The average Bonchev–Trinajstić information content (AvgIpc) is 2.54. The third kappa shape index (κ3) is 3.97. The number of hydrogen-bond acceptors (Lipinski definition) is 5. The molecule has 2 aromatic rings. The normalized spacial score (nSPS) is 10.2. The molecule has 0 aliphatic rings. The first-order valence-electron chi connectivity index (χ1n) is 7.15. The van der Waals surface area contributed by atoms with Gasteiger partial charge in [0.1, 0.15) is 11.6 Å². The van der Waals surface area contributed by atoms with Crippen LogP contribution in [0.5, 0.6) is 5.75 Å². The highest BCUT2D eigenvalue weighted by molar-refractivity contribution is 5.93. The van der Waals surface area contributed by atoms with Crippen LogP contribution in [0.3, 0.4) is 0 Å². The van der Waals surface area contributed by atoms with Crippen molar-refractivity contribution in [3.05, 3.63) is 63.5 Å². The van der Waals surface area contributed by atoms with Crippen molar-refractivity contribution >= 4 is 17.3 Å². The fraction of sp³-hybridized carbons (Fsp3) is 0.188. The largest absolute Gasteiger partial charge is 0.492 e. The minimum absolute atomic E-state index is 0.0576. The molecular weight excluding hydrogens is 317 g/mol. The fourth-order valence-electron chi connectivity index (χ4n) is 2.14. The maximum atomic E-state index is 13.3. The van der Waals surface area contributed by atoms with Crippen molar-refractivity contribution < 1.29 is 18.8 Å². The van der Waals surface area contributed by atoms with Gasteiger partial charge in [-0.05, 0) is 31.2 Å². The van der Waals surface area contributed by atoms with Gasteiger partial charge >= 0.3 is 0 Å². The summed E-state index contributed by atoms with van der Waals surface area (Å²) in [5.41, 5.74) is 5.83. The number of ether oxygens (including phenoxy) is 1. The van der Waals surface area contributed by atoms with E-state index in [2.05, 4.69) is 5.32 Å². The van der Waals surface area contributed by atoms with Gasteiger partial charge in [-0.3, -0.25) is 14.9 Å². The zero-order chi connectivity index (χ0) is 17.7. The molecule has 24 heavy (non-hydrogen) atoms. The van der Waals surface area contributed by atoms with Gasteiger partial charge in [0.05, 0.1) is 17.2 Å².